The summed E-state index contributed by atoms with van der Waals surface area (Å²) in [4.78, 5) is 83.3. The molecule has 3 atom stereocenters. The third-order valence-corrected chi connectivity index (χ3v) is 10.7. The summed E-state index contributed by atoms with van der Waals surface area (Å²) in [5.41, 5.74) is 7.45. The number of rotatable bonds is 21. The number of likely N-dealkylation sites (tertiary alicyclic amines) is 1. The predicted molar refractivity (Wildman–Crippen MR) is 242 cm³/mol. The van der Waals surface area contributed by atoms with Crippen LogP contribution in [-0.2, 0) is 41.6 Å². The van der Waals surface area contributed by atoms with E-state index in [0.29, 0.717) is 24.1 Å². The first-order valence-corrected chi connectivity index (χ1v) is 21.3. The molecular weight excluding hydrogens is 842 g/mol. The Kier molecular flexibility index (Phi) is 18.1. The first-order chi connectivity index (χ1) is 30.8. The molecule has 0 saturated carbocycles. The van der Waals surface area contributed by atoms with E-state index in [2.05, 4.69) is 27.8 Å². The normalized spacial score (nSPS) is 15.2. The van der Waals surface area contributed by atoms with E-state index in [1.54, 1.807) is 72.8 Å². The first-order valence-electron chi connectivity index (χ1n) is 20.8. The summed E-state index contributed by atoms with van der Waals surface area (Å²) in [6.45, 7) is 3.60. The molecule has 0 spiro atoms. The van der Waals surface area contributed by atoms with Gasteiger partial charge in [-0.05, 0) is 48.3 Å². The quantitative estimate of drug-likeness (QED) is 0.0432. The maximum Gasteiger partial charge on any atom is 0.243 e. The third kappa shape index (κ3) is 14.6. The number of ketones is 2. The molecule has 5 rings (SSSR count). The van der Waals surface area contributed by atoms with Gasteiger partial charge < -0.3 is 31.9 Å². The number of nitrogens with one attached hydrogen (secondary N) is 4. The number of nitrogens with zero attached hydrogens (tertiary/aromatic N) is 1. The van der Waals surface area contributed by atoms with Gasteiger partial charge in [-0.1, -0.05) is 104 Å². The topological polar surface area (TPSA) is 180 Å². The van der Waals surface area contributed by atoms with Crippen molar-refractivity contribution in [2.75, 3.05) is 25.5 Å². The van der Waals surface area contributed by atoms with Crippen LogP contribution in [0.3, 0.4) is 0 Å². The summed E-state index contributed by atoms with van der Waals surface area (Å²) in [7, 11) is 0. The van der Waals surface area contributed by atoms with E-state index in [4.69, 9.17) is 17.3 Å². The van der Waals surface area contributed by atoms with Crippen LogP contribution >= 0.6 is 11.6 Å². The van der Waals surface area contributed by atoms with Crippen LogP contribution in [0.15, 0.2) is 133 Å². The van der Waals surface area contributed by atoms with Crippen LogP contribution in [0.4, 0.5) is 8.78 Å². The van der Waals surface area contributed by atoms with E-state index in [-0.39, 0.29) is 79.2 Å². The van der Waals surface area contributed by atoms with Crippen molar-refractivity contribution in [1.82, 2.24) is 26.2 Å². The molecule has 15 heteroatoms. The fraction of sp³-hybridized carbons (Fsp3) is 0.265. The monoisotopic (exact) mass is 892 g/mol. The summed E-state index contributed by atoms with van der Waals surface area (Å²) in [5, 5.41) is 11.1. The number of hydrogen-bond acceptors (Lipinski definition) is 8. The highest BCUT2D eigenvalue weighted by atomic mass is 35.5. The summed E-state index contributed by atoms with van der Waals surface area (Å²) in [6.07, 6.45) is 2.77. The van der Waals surface area contributed by atoms with Crippen molar-refractivity contribution < 1.29 is 37.5 Å². The number of carbonyl (C=O) groups excluding carboxylic acids is 6. The number of alkyl halides is 1. The number of nitrogens with two attached hydrogens (primary N) is 1. The van der Waals surface area contributed by atoms with Crippen LogP contribution in [0, 0.1) is 11.6 Å². The minimum atomic E-state index is -1.20. The van der Waals surface area contributed by atoms with Crippen molar-refractivity contribution in [3.63, 3.8) is 0 Å². The number of amides is 4. The van der Waals surface area contributed by atoms with Crippen molar-refractivity contribution in [3.8, 4) is 0 Å². The lowest BCUT2D eigenvalue weighted by molar-refractivity contribution is -0.135. The third-order valence-electron chi connectivity index (χ3n) is 10.4. The van der Waals surface area contributed by atoms with Crippen molar-refractivity contribution in [2.45, 2.75) is 56.7 Å². The molecule has 1 heterocycles. The van der Waals surface area contributed by atoms with Crippen LogP contribution < -0.4 is 27.0 Å². The smallest absolute Gasteiger partial charge is 0.243 e. The van der Waals surface area contributed by atoms with E-state index in [1.807, 2.05) is 0 Å². The molecule has 334 valence electrons. The molecule has 1 aliphatic heterocycles. The van der Waals surface area contributed by atoms with Gasteiger partial charge in [0.1, 0.15) is 23.7 Å². The molecule has 0 radical (unpaired) electrons. The van der Waals surface area contributed by atoms with Crippen molar-refractivity contribution in [1.29, 1.82) is 0 Å². The zero-order chi connectivity index (χ0) is 46.0. The van der Waals surface area contributed by atoms with Crippen LogP contribution in [0.25, 0.3) is 12.2 Å². The number of Topliss-reactive ketones (excluding diaryl/α,β-unsaturated/α-hetero) is 2. The molecule has 0 aromatic heterocycles. The molecule has 12 nitrogen and oxygen atoms in total. The average Bonchev–Trinajstić information content (AvgIpc) is 3.29. The van der Waals surface area contributed by atoms with Gasteiger partial charge in [0.05, 0.1) is 17.7 Å². The zero-order valence-electron chi connectivity index (χ0n) is 35.2. The highest BCUT2D eigenvalue weighted by molar-refractivity contribution is 6.28. The minimum absolute atomic E-state index is 0.0292. The van der Waals surface area contributed by atoms with Gasteiger partial charge in [-0.15, -0.1) is 11.6 Å². The molecule has 1 unspecified atom stereocenters. The Bertz CT molecular complexity index is 2310. The molecular formula is C49H51ClF2N6O6. The lowest BCUT2D eigenvalue weighted by atomic mass is 9.93. The van der Waals surface area contributed by atoms with E-state index in [1.165, 1.54) is 53.5 Å². The summed E-state index contributed by atoms with van der Waals surface area (Å²) in [5.74, 6) is -4.63. The molecule has 1 saturated heterocycles. The number of hydrogen-bond donors (Lipinski definition) is 5. The van der Waals surface area contributed by atoms with Gasteiger partial charge in [-0.25, -0.2) is 8.78 Å². The molecule has 64 heavy (non-hydrogen) atoms. The molecule has 0 aliphatic carbocycles. The van der Waals surface area contributed by atoms with Gasteiger partial charge in [0, 0.05) is 67.6 Å². The standard InChI is InChI=1S/C49H51ClF2N6O6/c1-32(53)54-24-12-21-41(44(59)29-50)56-49(64)43(26-34-15-6-3-7-16-34)57-48(63)42(25-33-13-4-2-5-14-33)55-45(60)22-23-46(61)58-30-37(27-35-17-8-10-19-39(35)51)47(62)38(31-58)28-36-18-9-11-20-40(36)52/h2-11,13-20,27-28,41-43,54H,1,12,21-26,29-31,53H2,(H,55,60)(H,56,64)(H,57,63)/b37-27+,38-28+/t41-,42+,43?/m0/s1. The van der Waals surface area contributed by atoms with Crippen molar-refractivity contribution in [3.05, 3.63) is 167 Å². The van der Waals surface area contributed by atoms with E-state index < -0.39 is 65.0 Å². The minimum Gasteiger partial charge on any atom is -0.386 e. The number of halogens is 3. The highest BCUT2D eigenvalue weighted by Gasteiger charge is 2.32. The summed E-state index contributed by atoms with van der Waals surface area (Å²) >= 11 is 5.90. The molecule has 6 N–H and O–H groups in total. The maximum atomic E-state index is 14.7. The number of piperidine rings is 1. The predicted octanol–water partition coefficient (Wildman–Crippen LogP) is 5.17. The van der Waals surface area contributed by atoms with Crippen molar-refractivity contribution >= 4 is 58.9 Å². The van der Waals surface area contributed by atoms with E-state index in [9.17, 15) is 37.5 Å². The van der Waals surface area contributed by atoms with E-state index in [0.717, 1.165) is 0 Å². The van der Waals surface area contributed by atoms with Gasteiger partial charge in [0.15, 0.2) is 11.6 Å². The lowest BCUT2D eigenvalue weighted by Gasteiger charge is -2.30. The van der Waals surface area contributed by atoms with Crippen LogP contribution in [0.5, 0.6) is 0 Å². The average molecular weight is 893 g/mol. The molecule has 4 amide bonds. The summed E-state index contributed by atoms with van der Waals surface area (Å²) in [6, 6.07) is 26.2. The Morgan fingerprint density at radius 3 is 1.64 bits per heavy atom. The second kappa shape index (κ2) is 24.1. The molecule has 4 aromatic carbocycles. The number of carbonyl (C=O) groups is 6. The van der Waals surface area contributed by atoms with Gasteiger partial charge in [-0.2, -0.15) is 0 Å². The second-order valence-corrected chi connectivity index (χ2v) is 15.5. The lowest BCUT2D eigenvalue weighted by Crippen LogP contribution is -2.57. The Hall–Kier alpha value is -6.93. The van der Waals surface area contributed by atoms with Crippen molar-refractivity contribution in [2.24, 2.45) is 5.73 Å². The van der Waals surface area contributed by atoms with E-state index >= 15 is 0 Å². The van der Waals surface area contributed by atoms with Gasteiger partial charge in [-0.3, -0.25) is 28.8 Å². The largest absolute Gasteiger partial charge is 0.386 e. The fourth-order valence-corrected chi connectivity index (χ4v) is 7.23. The Balaban J connectivity index is 1.32. The van der Waals surface area contributed by atoms with Crippen LogP contribution in [0.2, 0.25) is 0 Å². The highest BCUT2D eigenvalue weighted by Crippen LogP contribution is 2.25. The SMILES string of the molecule is C=C(N)NCCC[C@H](NC(=O)C(Cc1ccccc1)NC(=O)[C@@H](Cc1ccccc1)NC(=O)CCC(=O)N1C/C(=C\c2ccccc2F)C(=O)/C(=C/c2ccccc2F)C1)C(=O)CCl. The van der Waals surface area contributed by atoms with Gasteiger partial charge in [0.25, 0.3) is 0 Å². The Morgan fingerprint density at radius 1 is 0.688 bits per heavy atom. The van der Waals surface area contributed by atoms with Gasteiger partial charge in [0.2, 0.25) is 23.6 Å². The maximum absolute atomic E-state index is 14.7. The zero-order valence-corrected chi connectivity index (χ0v) is 35.9. The Labute approximate surface area is 376 Å². The number of benzene rings is 4. The van der Waals surface area contributed by atoms with Crippen LogP contribution in [0.1, 0.15) is 47.9 Å². The molecule has 1 fully saturated rings. The van der Waals surface area contributed by atoms with Crippen LogP contribution in [-0.4, -0.2) is 83.7 Å². The molecule has 1 aliphatic rings. The molecule has 4 aromatic rings. The second-order valence-electron chi connectivity index (χ2n) is 15.3. The first kappa shape index (κ1) is 48.1. The summed E-state index contributed by atoms with van der Waals surface area (Å²) < 4.78 is 29.4. The fourth-order valence-electron chi connectivity index (χ4n) is 7.05. The molecule has 0 bridgehead atoms. The Morgan fingerprint density at radius 2 is 1.16 bits per heavy atom. The van der Waals surface area contributed by atoms with Gasteiger partial charge >= 0.3 is 0 Å².